The van der Waals surface area contributed by atoms with Crippen molar-refractivity contribution < 1.29 is 13.2 Å². The maximum absolute atomic E-state index is 13.6. The highest BCUT2D eigenvalue weighted by Gasteiger charge is 2.49. The molecule has 0 spiro atoms. The summed E-state index contributed by atoms with van der Waals surface area (Å²) in [5.74, 6) is -0.193. The van der Waals surface area contributed by atoms with Crippen molar-refractivity contribution in [2.75, 3.05) is 11.6 Å². The third-order valence-electron chi connectivity index (χ3n) is 7.05. The molecule has 0 saturated heterocycles. The summed E-state index contributed by atoms with van der Waals surface area (Å²) in [6.45, 7) is 3.79. The van der Waals surface area contributed by atoms with Gasteiger partial charge in [-0.15, -0.1) is 0 Å². The normalized spacial score (nSPS) is 15.1. The molecule has 0 bridgehead atoms. The van der Waals surface area contributed by atoms with E-state index in [2.05, 4.69) is 22.4 Å². The molecular weight excluding hydrogens is 538 g/mol. The van der Waals surface area contributed by atoms with E-state index in [1.165, 1.54) is 6.07 Å². The predicted octanol–water partition coefficient (Wildman–Crippen LogP) is 4.23. The SMILES string of the molecule is Cc1cc([C@@H](C)Nc2ccc(Cl)nc2C(=O)NS(C)(=O)=O)c2nc(C3(c4ccccc4)CC3)n(C)c(=O)c2c1. The molecule has 4 aromatic rings. The molecule has 0 unspecified atom stereocenters. The fraction of sp³-hybridized carbons (Fsp3) is 0.286. The van der Waals surface area contributed by atoms with Crippen molar-refractivity contribution in [1.82, 2.24) is 19.3 Å². The van der Waals surface area contributed by atoms with Crippen molar-refractivity contribution in [2.24, 2.45) is 7.05 Å². The molecule has 2 aromatic heterocycles. The lowest BCUT2D eigenvalue weighted by atomic mass is 9.94. The van der Waals surface area contributed by atoms with Gasteiger partial charge in [0.2, 0.25) is 10.0 Å². The number of halogens is 1. The number of benzene rings is 2. The first-order valence-corrected chi connectivity index (χ1v) is 14.7. The molecule has 1 atom stereocenters. The Morgan fingerprint density at radius 3 is 2.44 bits per heavy atom. The van der Waals surface area contributed by atoms with Gasteiger partial charge in [-0.3, -0.25) is 14.2 Å². The van der Waals surface area contributed by atoms with E-state index < -0.39 is 22.0 Å². The Morgan fingerprint density at radius 2 is 1.79 bits per heavy atom. The first kappa shape index (κ1) is 26.8. The minimum absolute atomic E-state index is 0.0401. The van der Waals surface area contributed by atoms with Crippen LogP contribution >= 0.6 is 11.6 Å². The molecule has 2 aromatic carbocycles. The van der Waals surface area contributed by atoms with Crippen LogP contribution in [0.3, 0.4) is 0 Å². The Bertz CT molecular complexity index is 1780. The second-order valence-corrected chi connectivity index (χ2v) is 12.2. The number of aryl methyl sites for hydroxylation is 1. The molecule has 1 amide bonds. The summed E-state index contributed by atoms with van der Waals surface area (Å²) in [6, 6.07) is 16.5. The third kappa shape index (κ3) is 5.14. The monoisotopic (exact) mass is 565 g/mol. The first-order chi connectivity index (χ1) is 18.4. The summed E-state index contributed by atoms with van der Waals surface area (Å²) < 4.78 is 26.9. The van der Waals surface area contributed by atoms with Crippen molar-refractivity contribution in [2.45, 2.75) is 38.1 Å². The topological polar surface area (TPSA) is 123 Å². The smallest absolute Gasteiger partial charge is 0.285 e. The van der Waals surface area contributed by atoms with Gasteiger partial charge in [0.25, 0.3) is 11.5 Å². The van der Waals surface area contributed by atoms with Crippen LogP contribution in [0, 0.1) is 6.92 Å². The van der Waals surface area contributed by atoms with Crippen LogP contribution in [0.15, 0.2) is 59.4 Å². The molecule has 11 heteroatoms. The van der Waals surface area contributed by atoms with Crippen molar-refractivity contribution in [3.8, 4) is 0 Å². The number of nitrogens with zero attached hydrogens (tertiary/aromatic N) is 3. The van der Waals surface area contributed by atoms with Gasteiger partial charge in [0.15, 0.2) is 5.69 Å². The summed E-state index contributed by atoms with van der Waals surface area (Å²) in [5, 5.41) is 3.79. The third-order valence-corrected chi connectivity index (χ3v) is 7.82. The van der Waals surface area contributed by atoms with E-state index in [-0.39, 0.29) is 27.5 Å². The Morgan fingerprint density at radius 1 is 1.10 bits per heavy atom. The number of fused-ring (bicyclic) bond motifs is 1. The molecule has 39 heavy (non-hydrogen) atoms. The summed E-state index contributed by atoms with van der Waals surface area (Å²) in [6.07, 6.45) is 2.68. The summed E-state index contributed by atoms with van der Waals surface area (Å²) in [4.78, 5) is 35.5. The van der Waals surface area contributed by atoms with Crippen molar-refractivity contribution in [3.05, 3.63) is 98.3 Å². The molecule has 1 aliphatic rings. The van der Waals surface area contributed by atoms with E-state index in [0.717, 1.165) is 35.8 Å². The van der Waals surface area contributed by atoms with Crippen molar-refractivity contribution in [1.29, 1.82) is 0 Å². The van der Waals surface area contributed by atoms with Crippen LogP contribution < -0.4 is 15.6 Å². The Kier molecular flexibility index (Phi) is 6.72. The van der Waals surface area contributed by atoms with Gasteiger partial charge in [-0.2, -0.15) is 0 Å². The zero-order chi connectivity index (χ0) is 28.1. The number of amides is 1. The molecular formula is C28H28ClN5O4S. The second kappa shape index (κ2) is 9.77. The Balaban J connectivity index is 1.62. The number of hydrogen-bond acceptors (Lipinski definition) is 7. The molecule has 0 aliphatic heterocycles. The minimum Gasteiger partial charge on any atom is -0.377 e. The molecule has 1 saturated carbocycles. The molecule has 1 aliphatic carbocycles. The summed E-state index contributed by atoms with van der Waals surface area (Å²) in [7, 11) is -2.05. The fourth-order valence-electron chi connectivity index (χ4n) is 5.09. The molecule has 1 fully saturated rings. The predicted molar refractivity (Wildman–Crippen MR) is 152 cm³/mol. The maximum Gasteiger partial charge on any atom is 0.285 e. The summed E-state index contributed by atoms with van der Waals surface area (Å²) >= 11 is 6.02. The van der Waals surface area contributed by atoms with Crippen LogP contribution in [0.5, 0.6) is 0 Å². The van der Waals surface area contributed by atoms with E-state index >= 15 is 0 Å². The molecule has 202 valence electrons. The highest BCUT2D eigenvalue weighted by atomic mass is 35.5. The highest BCUT2D eigenvalue weighted by molar-refractivity contribution is 7.89. The van der Waals surface area contributed by atoms with Crippen LogP contribution in [0.1, 0.15) is 58.8 Å². The second-order valence-electron chi connectivity index (χ2n) is 10.1. The molecule has 5 rings (SSSR count). The largest absolute Gasteiger partial charge is 0.377 e. The number of aromatic nitrogens is 3. The molecule has 2 heterocycles. The standard InChI is InChI=1S/C28H28ClN5O4S/c1-16-14-19(17(2)30-21-10-11-22(29)31-24(21)25(35)33-39(4,37)38)23-20(15-16)26(36)34(3)27(32-23)28(12-13-28)18-8-6-5-7-9-18/h5-11,14-15,17,30H,12-13H2,1-4H3,(H,33,35)/t17-/m1/s1. The van der Waals surface area contributed by atoms with Crippen LogP contribution in [-0.2, 0) is 22.5 Å². The van der Waals surface area contributed by atoms with E-state index in [9.17, 15) is 18.0 Å². The molecule has 2 N–H and O–H groups in total. The van der Waals surface area contributed by atoms with Gasteiger partial charge in [0.05, 0.1) is 34.3 Å². The van der Waals surface area contributed by atoms with E-state index in [0.29, 0.717) is 16.7 Å². The lowest BCUT2D eigenvalue weighted by Gasteiger charge is -2.23. The number of carbonyl (C=O) groups is 1. The van der Waals surface area contributed by atoms with Gasteiger partial charge in [0, 0.05) is 12.6 Å². The van der Waals surface area contributed by atoms with Gasteiger partial charge in [-0.1, -0.05) is 48.0 Å². The average molecular weight is 566 g/mol. The highest BCUT2D eigenvalue weighted by Crippen LogP contribution is 2.52. The maximum atomic E-state index is 13.6. The Hall–Kier alpha value is -3.76. The number of hydrogen-bond donors (Lipinski definition) is 2. The van der Waals surface area contributed by atoms with Crippen molar-refractivity contribution >= 4 is 44.1 Å². The number of anilines is 1. The number of pyridine rings is 1. The zero-order valence-electron chi connectivity index (χ0n) is 21.9. The van der Waals surface area contributed by atoms with E-state index in [1.54, 1.807) is 17.7 Å². The number of carbonyl (C=O) groups excluding carboxylic acids is 1. The number of sulfonamides is 1. The van der Waals surface area contributed by atoms with Crippen LogP contribution in [0.2, 0.25) is 5.15 Å². The first-order valence-electron chi connectivity index (χ1n) is 12.4. The molecule has 0 radical (unpaired) electrons. The molecule has 9 nitrogen and oxygen atoms in total. The minimum atomic E-state index is -3.82. The van der Waals surface area contributed by atoms with Gasteiger partial charge in [-0.25, -0.2) is 23.1 Å². The average Bonchev–Trinajstić information content (AvgIpc) is 3.68. The van der Waals surface area contributed by atoms with Gasteiger partial charge < -0.3 is 5.32 Å². The number of rotatable bonds is 7. The summed E-state index contributed by atoms with van der Waals surface area (Å²) in [5.41, 5.74) is 3.01. The van der Waals surface area contributed by atoms with Crippen LogP contribution in [0.25, 0.3) is 10.9 Å². The zero-order valence-corrected chi connectivity index (χ0v) is 23.5. The van der Waals surface area contributed by atoms with E-state index in [1.807, 2.05) is 48.9 Å². The lowest BCUT2D eigenvalue weighted by Crippen LogP contribution is -2.31. The van der Waals surface area contributed by atoms with Gasteiger partial charge in [0.1, 0.15) is 11.0 Å². The quantitative estimate of drug-likeness (QED) is 0.321. The van der Waals surface area contributed by atoms with Crippen molar-refractivity contribution in [3.63, 3.8) is 0 Å². The van der Waals surface area contributed by atoms with Gasteiger partial charge >= 0.3 is 0 Å². The van der Waals surface area contributed by atoms with Gasteiger partial charge in [-0.05, 0) is 56.0 Å². The fourth-order valence-corrected chi connectivity index (χ4v) is 5.67. The lowest BCUT2D eigenvalue weighted by molar-refractivity contribution is 0.0977. The number of nitrogens with one attached hydrogen (secondary N) is 2. The Labute approximate surface area is 231 Å². The van der Waals surface area contributed by atoms with Crippen LogP contribution in [-0.4, -0.2) is 35.1 Å². The van der Waals surface area contributed by atoms with Crippen LogP contribution in [0.4, 0.5) is 5.69 Å². The van der Waals surface area contributed by atoms with E-state index in [4.69, 9.17) is 16.6 Å².